The summed E-state index contributed by atoms with van der Waals surface area (Å²) < 4.78 is 40.0. The maximum Gasteiger partial charge on any atom is 0.389 e. The molecular weight excluding hydrogens is 197 g/mol. The number of hydrogen-bond donors (Lipinski definition) is 0. The molecule has 0 aliphatic carbocycles. The molecule has 0 unspecified atom stereocenters. The smallest absolute Gasteiger partial charge is 0.389 e. The minimum Gasteiger partial charge on any atom is -0.477 e. The van der Waals surface area contributed by atoms with Crippen LogP contribution in [0.5, 0.6) is 5.88 Å². The molecule has 0 atom stereocenters. The van der Waals surface area contributed by atoms with E-state index in [4.69, 9.17) is 4.74 Å². The molecule has 0 amide bonds. The second-order valence-electron chi connectivity index (χ2n) is 2.61. The van der Waals surface area contributed by atoms with Crippen molar-refractivity contribution in [3.05, 3.63) is 18.6 Å². The third-order valence-electron chi connectivity index (χ3n) is 1.39. The molecule has 1 rings (SSSR count). The monoisotopic (exact) mass is 206 g/mol. The van der Waals surface area contributed by atoms with E-state index >= 15 is 0 Å². The maximum absolute atomic E-state index is 11.7. The molecule has 1 aromatic heterocycles. The predicted molar refractivity (Wildman–Crippen MR) is 42.8 cm³/mol. The molecule has 0 bridgehead atoms. The summed E-state index contributed by atoms with van der Waals surface area (Å²) in [4.78, 5) is 7.45. The van der Waals surface area contributed by atoms with E-state index < -0.39 is 12.6 Å². The van der Waals surface area contributed by atoms with Crippen LogP contribution in [0.25, 0.3) is 0 Å². The van der Waals surface area contributed by atoms with Crippen molar-refractivity contribution >= 4 is 0 Å². The van der Waals surface area contributed by atoms with Crippen LogP contribution in [0, 0.1) is 0 Å². The van der Waals surface area contributed by atoms with Crippen LogP contribution in [-0.2, 0) is 0 Å². The van der Waals surface area contributed by atoms with Gasteiger partial charge in [0.05, 0.1) is 12.8 Å². The maximum atomic E-state index is 11.7. The van der Waals surface area contributed by atoms with Crippen molar-refractivity contribution in [1.82, 2.24) is 9.97 Å². The summed E-state index contributed by atoms with van der Waals surface area (Å²) in [6, 6.07) is 0. The second-order valence-corrected chi connectivity index (χ2v) is 2.61. The van der Waals surface area contributed by atoms with E-state index in [0.717, 1.165) is 0 Å². The van der Waals surface area contributed by atoms with Gasteiger partial charge in [0.2, 0.25) is 5.88 Å². The Balaban J connectivity index is 2.17. The van der Waals surface area contributed by atoms with Gasteiger partial charge in [-0.05, 0) is 6.42 Å². The zero-order valence-corrected chi connectivity index (χ0v) is 7.29. The molecule has 78 valence electrons. The largest absolute Gasteiger partial charge is 0.477 e. The van der Waals surface area contributed by atoms with Crippen molar-refractivity contribution in [3.63, 3.8) is 0 Å². The van der Waals surface area contributed by atoms with Gasteiger partial charge < -0.3 is 4.74 Å². The fourth-order valence-corrected chi connectivity index (χ4v) is 0.809. The Hall–Kier alpha value is -1.33. The molecule has 0 spiro atoms. The van der Waals surface area contributed by atoms with E-state index in [0.29, 0.717) is 0 Å². The van der Waals surface area contributed by atoms with Crippen LogP contribution >= 0.6 is 0 Å². The van der Waals surface area contributed by atoms with Gasteiger partial charge in [-0.25, -0.2) is 4.98 Å². The molecule has 0 fully saturated rings. The molecule has 6 heteroatoms. The highest BCUT2D eigenvalue weighted by atomic mass is 19.4. The highest BCUT2D eigenvalue weighted by Crippen LogP contribution is 2.21. The molecule has 0 saturated carbocycles. The number of aromatic nitrogens is 2. The summed E-state index contributed by atoms with van der Waals surface area (Å²) in [7, 11) is 0. The topological polar surface area (TPSA) is 35.0 Å². The van der Waals surface area contributed by atoms with Crippen molar-refractivity contribution in [2.24, 2.45) is 0 Å². The molecule has 14 heavy (non-hydrogen) atoms. The Labute approximate surface area is 78.9 Å². The number of hydrogen-bond acceptors (Lipinski definition) is 3. The van der Waals surface area contributed by atoms with E-state index in [2.05, 4.69) is 9.97 Å². The van der Waals surface area contributed by atoms with Gasteiger partial charge in [-0.15, -0.1) is 0 Å². The van der Waals surface area contributed by atoms with Gasteiger partial charge in [-0.2, -0.15) is 13.2 Å². The van der Waals surface area contributed by atoms with Crippen LogP contribution < -0.4 is 4.74 Å². The standard InChI is InChI=1S/C8H9F3N2O/c9-8(10,11)2-1-5-14-7-6-12-3-4-13-7/h3-4,6H,1-2,5H2. The lowest BCUT2D eigenvalue weighted by molar-refractivity contribution is -0.136. The van der Waals surface area contributed by atoms with Gasteiger partial charge in [-0.3, -0.25) is 4.98 Å². The second kappa shape index (κ2) is 4.78. The van der Waals surface area contributed by atoms with Crippen molar-refractivity contribution in [2.45, 2.75) is 19.0 Å². The Morgan fingerprint density at radius 2 is 2.07 bits per heavy atom. The lowest BCUT2D eigenvalue weighted by Crippen LogP contribution is -2.10. The van der Waals surface area contributed by atoms with E-state index in [9.17, 15) is 13.2 Å². The van der Waals surface area contributed by atoms with Crippen molar-refractivity contribution in [2.75, 3.05) is 6.61 Å². The minimum atomic E-state index is -4.12. The Kier molecular flexibility index (Phi) is 3.67. The zero-order chi connectivity index (χ0) is 10.4. The van der Waals surface area contributed by atoms with Gasteiger partial charge in [0.1, 0.15) is 0 Å². The van der Waals surface area contributed by atoms with Gasteiger partial charge in [0, 0.05) is 18.8 Å². The summed E-state index contributed by atoms with van der Waals surface area (Å²) >= 11 is 0. The van der Waals surface area contributed by atoms with Crippen molar-refractivity contribution in [3.8, 4) is 5.88 Å². The number of alkyl halides is 3. The van der Waals surface area contributed by atoms with Crippen LogP contribution in [0.1, 0.15) is 12.8 Å². The molecule has 0 aliphatic heterocycles. The molecule has 0 N–H and O–H groups in total. The van der Waals surface area contributed by atoms with Crippen molar-refractivity contribution < 1.29 is 17.9 Å². The molecular formula is C8H9F3N2O. The predicted octanol–water partition coefficient (Wildman–Crippen LogP) is 2.20. The number of rotatable bonds is 4. The van der Waals surface area contributed by atoms with E-state index in [1.165, 1.54) is 18.6 Å². The van der Waals surface area contributed by atoms with E-state index in [1.54, 1.807) is 0 Å². The molecule has 1 aromatic rings. The van der Waals surface area contributed by atoms with Crippen LogP contribution in [0.2, 0.25) is 0 Å². The molecule has 0 aromatic carbocycles. The fraction of sp³-hybridized carbons (Fsp3) is 0.500. The zero-order valence-electron chi connectivity index (χ0n) is 7.29. The van der Waals surface area contributed by atoms with Crippen molar-refractivity contribution in [1.29, 1.82) is 0 Å². The van der Waals surface area contributed by atoms with Gasteiger partial charge in [-0.1, -0.05) is 0 Å². The van der Waals surface area contributed by atoms with Gasteiger partial charge in [0.25, 0.3) is 0 Å². The van der Waals surface area contributed by atoms with Gasteiger partial charge in [0.15, 0.2) is 0 Å². The third-order valence-corrected chi connectivity index (χ3v) is 1.39. The normalized spacial score (nSPS) is 11.4. The summed E-state index contributed by atoms with van der Waals surface area (Å²) in [5.41, 5.74) is 0. The molecule has 0 radical (unpaired) electrons. The summed E-state index contributed by atoms with van der Waals surface area (Å²) in [5, 5.41) is 0. The summed E-state index contributed by atoms with van der Waals surface area (Å²) in [5.74, 6) is 0.245. The quantitative estimate of drug-likeness (QED) is 0.708. The molecule has 0 saturated heterocycles. The molecule has 0 aliphatic rings. The van der Waals surface area contributed by atoms with Crippen LogP contribution in [-0.4, -0.2) is 22.8 Å². The average molecular weight is 206 g/mol. The first-order valence-electron chi connectivity index (χ1n) is 4.03. The highest BCUT2D eigenvalue weighted by Gasteiger charge is 2.26. The minimum absolute atomic E-state index is 0.00178. The molecule has 1 heterocycles. The van der Waals surface area contributed by atoms with Crippen LogP contribution in [0.4, 0.5) is 13.2 Å². The SMILES string of the molecule is FC(F)(F)CCCOc1cnccn1. The first kappa shape index (κ1) is 10.7. The number of nitrogens with zero attached hydrogens (tertiary/aromatic N) is 2. The lowest BCUT2D eigenvalue weighted by Gasteiger charge is -2.06. The first-order valence-corrected chi connectivity index (χ1v) is 4.03. The number of ether oxygens (including phenoxy) is 1. The third kappa shape index (κ3) is 4.64. The Morgan fingerprint density at radius 1 is 1.29 bits per heavy atom. The van der Waals surface area contributed by atoms with E-state index in [-0.39, 0.29) is 18.9 Å². The summed E-state index contributed by atoms with van der Waals surface area (Å²) in [6.07, 6.45) is -0.797. The first-order chi connectivity index (χ1) is 6.58. The highest BCUT2D eigenvalue weighted by molar-refractivity contribution is 5.00. The lowest BCUT2D eigenvalue weighted by atomic mass is 10.3. The van der Waals surface area contributed by atoms with Gasteiger partial charge >= 0.3 is 6.18 Å². The Morgan fingerprint density at radius 3 is 2.64 bits per heavy atom. The van der Waals surface area contributed by atoms with Crippen LogP contribution in [0.3, 0.4) is 0 Å². The summed E-state index contributed by atoms with van der Waals surface area (Å²) in [6.45, 7) is -0.00178. The van der Waals surface area contributed by atoms with E-state index in [1.807, 2.05) is 0 Å². The molecule has 3 nitrogen and oxygen atoms in total. The number of halogens is 3. The average Bonchev–Trinajstić information content (AvgIpc) is 2.13. The fourth-order valence-electron chi connectivity index (χ4n) is 0.809. The van der Waals surface area contributed by atoms with Crippen LogP contribution in [0.15, 0.2) is 18.6 Å². The Bertz CT molecular complexity index is 263.